The first-order valence-corrected chi connectivity index (χ1v) is 4.40. The van der Waals surface area contributed by atoms with Gasteiger partial charge in [0.25, 0.3) is 0 Å². The van der Waals surface area contributed by atoms with Crippen LogP contribution in [0.2, 0.25) is 0 Å². The molecule has 1 N–H and O–H groups in total. The number of aryl methyl sites for hydroxylation is 1. The van der Waals surface area contributed by atoms with Crippen molar-refractivity contribution in [3.63, 3.8) is 0 Å². The van der Waals surface area contributed by atoms with Crippen molar-refractivity contribution in [3.05, 3.63) is 29.9 Å². The smallest absolute Gasteiger partial charge is 0.152 e. The van der Waals surface area contributed by atoms with Crippen LogP contribution in [0.15, 0.2) is 22.7 Å². The van der Waals surface area contributed by atoms with E-state index in [2.05, 4.69) is 4.98 Å². The molecule has 0 aliphatic carbocycles. The van der Waals surface area contributed by atoms with Crippen molar-refractivity contribution < 1.29 is 9.52 Å². The van der Waals surface area contributed by atoms with Gasteiger partial charge in [-0.05, 0) is 19.1 Å². The highest BCUT2D eigenvalue weighted by Gasteiger charge is 2.09. The third kappa shape index (κ3) is 1.33. The zero-order chi connectivity index (χ0) is 10.1. The van der Waals surface area contributed by atoms with E-state index in [1.807, 2.05) is 24.6 Å². The highest BCUT2D eigenvalue weighted by Crippen LogP contribution is 2.22. The molecule has 0 aliphatic heterocycles. The van der Waals surface area contributed by atoms with E-state index >= 15 is 0 Å². The van der Waals surface area contributed by atoms with E-state index in [1.165, 1.54) is 0 Å². The maximum Gasteiger partial charge on any atom is 0.152 e. The molecule has 2 rings (SSSR count). The lowest BCUT2D eigenvalue weighted by molar-refractivity contribution is 0.248. The monoisotopic (exact) mass is 192 g/mol. The summed E-state index contributed by atoms with van der Waals surface area (Å²) in [4.78, 5) is 4.17. The van der Waals surface area contributed by atoms with Gasteiger partial charge in [-0.2, -0.15) is 0 Å². The molecule has 0 aliphatic rings. The fourth-order valence-electron chi connectivity index (χ4n) is 1.33. The number of aliphatic hydroxyl groups is 1. The molecule has 0 saturated carbocycles. The fraction of sp³-hybridized carbons (Fsp3) is 0.300. The average molecular weight is 192 g/mol. The maximum atomic E-state index is 8.86. The molecule has 0 atom stereocenters. The van der Waals surface area contributed by atoms with Crippen molar-refractivity contribution in [3.8, 4) is 11.5 Å². The fourth-order valence-corrected chi connectivity index (χ4v) is 1.33. The first-order valence-electron chi connectivity index (χ1n) is 4.40. The topological polar surface area (TPSA) is 51.2 Å². The Hall–Kier alpha value is -1.55. The van der Waals surface area contributed by atoms with Gasteiger partial charge < -0.3 is 14.1 Å². The van der Waals surface area contributed by atoms with Crippen molar-refractivity contribution in [1.82, 2.24) is 9.55 Å². The van der Waals surface area contributed by atoms with Gasteiger partial charge >= 0.3 is 0 Å². The Morgan fingerprint density at radius 3 is 2.79 bits per heavy atom. The molecular formula is C10H12N2O2. The predicted octanol–water partition coefficient (Wildman–Crippen LogP) is 1.48. The Balaban J connectivity index is 2.44. The van der Waals surface area contributed by atoms with E-state index in [4.69, 9.17) is 9.52 Å². The number of nitrogens with zero attached hydrogens (tertiary/aromatic N) is 2. The average Bonchev–Trinajstić information content (AvgIpc) is 2.75. The lowest BCUT2D eigenvalue weighted by Gasteiger charge is -1.99. The van der Waals surface area contributed by atoms with Crippen LogP contribution in [0.1, 0.15) is 11.6 Å². The number of hydrogen-bond acceptors (Lipinski definition) is 3. The lowest BCUT2D eigenvalue weighted by Crippen LogP contribution is -1.93. The summed E-state index contributed by atoms with van der Waals surface area (Å²) < 4.78 is 7.35. The van der Waals surface area contributed by atoms with Crippen molar-refractivity contribution in [2.24, 2.45) is 7.05 Å². The molecule has 0 saturated heterocycles. The molecule has 2 heterocycles. The molecule has 2 aromatic rings. The van der Waals surface area contributed by atoms with Crippen LogP contribution in [-0.2, 0) is 13.7 Å². The van der Waals surface area contributed by atoms with Gasteiger partial charge in [0, 0.05) is 7.05 Å². The van der Waals surface area contributed by atoms with Gasteiger partial charge in [-0.3, -0.25) is 0 Å². The van der Waals surface area contributed by atoms with Gasteiger partial charge in [0.2, 0.25) is 0 Å². The number of imidazole rings is 1. The summed E-state index contributed by atoms with van der Waals surface area (Å²) in [5.41, 5.74) is 0.919. The zero-order valence-electron chi connectivity index (χ0n) is 8.19. The van der Waals surface area contributed by atoms with Gasteiger partial charge in [-0.25, -0.2) is 4.98 Å². The second kappa shape index (κ2) is 3.31. The summed E-state index contributed by atoms with van der Waals surface area (Å²) in [5.74, 6) is 2.23. The molecule has 0 bridgehead atoms. The quantitative estimate of drug-likeness (QED) is 0.784. The number of hydrogen-bond donors (Lipinski definition) is 1. The first kappa shape index (κ1) is 9.02. The summed E-state index contributed by atoms with van der Waals surface area (Å²) in [6.45, 7) is 1.86. The molecule has 0 unspecified atom stereocenters. The zero-order valence-corrected chi connectivity index (χ0v) is 8.19. The summed E-state index contributed by atoms with van der Waals surface area (Å²) in [7, 11) is 1.93. The molecule has 74 valence electrons. The molecule has 2 aromatic heterocycles. The number of aliphatic hydroxyl groups excluding tert-OH is 1. The van der Waals surface area contributed by atoms with Crippen LogP contribution in [0.3, 0.4) is 0 Å². The van der Waals surface area contributed by atoms with Gasteiger partial charge in [-0.15, -0.1) is 0 Å². The molecule has 14 heavy (non-hydrogen) atoms. The lowest BCUT2D eigenvalue weighted by atomic mass is 10.3. The predicted molar refractivity (Wildman–Crippen MR) is 51.6 cm³/mol. The third-order valence-electron chi connectivity index (χ3n) is 2.29. The highest BCUT2D eigenvalue weighted by atomic mass is 16.4. The summed E-state index contributed by atoms with van der Waals surface area (Å²) in [5, 5.41) is 8.86. The minimum absolute atomic E-state index is 0.0726. The van der Waals surface area contributed by atoms with Crippen molar-refractivity contribution >= 4 is 0 Å². The van der Waals surface area contributed by atoms with E-state index in [0.717, 1.165) is 17.3 Å². The van der Waals surface area contributed by atoms with E-state index in [9.17, 15) is 0 Å². The molecule has 0 fully saturated rings. The van der Waals surface area contributed by atoms with Crippen LogP contribution in [0.4, 0.5) is 0 Å². The molecule has 0 aromatic carbocycles. The Bertz CT molecular complexity index is 443. The molecule has 4 heteroatoms. The number of rotatable bonds is 2. The van der Waals surface area contributed by atoms with Crippen molar-refractivity contribution in [2.75, 3.05) is 0 Å². The number of furan rings is 1. The summed E-state index contributed by atoms with van der Waals surface area (Å²) in [6.07, 6.45) is 1.76. The minimum Gasteiger partial charge on any atom is -0.457 e. The minimum atomic E-state index is -0.0726. The maximum absolute atomic E-state index is 8.86. The normalized spacial score (nSPS) is 10.8. The van der Waals surface area contributed by atoms with E-state index in [0.29, 0.717) is 5.76 Å². The van der Waals surface area contributed by atoms with E-state index < -0.39 is 0 Å². The Morgan fingerprint density at radius 1 is 1.50 bits per heavy atom. The van der Waals surface area contributed by atoms with Crippen LogP contribution in [0, 0.1) is 6.92 Å². The van der Waals surface area contributed by atoms with Crippen molar-refractivity contribution in [2.45, 2.75) is 13.5 Å². The molecular weight excluding hydrogens is 180 g/mol. The Labute approximate surface area is 81.8 Å². The summed E-state index contributed by atoms with van der Waals surface area (Å²) >= 11 is 0. The van der Waals surface area contributed by atoms with E-state index in [-0.39, 0.29) is 6.61 Å². The van der Waals surface area contributed by atoms with Gasteiger partial charge in [0.15, 0.2) is 5.76 Å². The molecule has 4 nitrogen and oxygen atoms in total. The number of aromatic nitrogens is 2. The Kier molecular flexibility index (Phi) is 2.13. The van der Waals surface area contributed by atoms with Crippen LogP contribution in [-0.4, -0.2) is 14.7 Å². The van der Waals surface area contributed by atoms with Gasteiger partial charge in [0.1, 0.15) is 23.9 Å². The van der Waals surface area contributed by atoms with Crippen molar-refractivity contribution in [1.29, 1.82) is 0 Å². The van der Waals surface area contributed by atoms with E-state index in [1.54, 1.807) is 12.3 Å². The third-order valence-corrected chi connectivity index (χ3v) is 2.29. The SMILES string of the molecule is Cc1ncc(-c2ccc(CO)o2)n1C. The molecule has 0 radical (unpaired) electrons. The molecule has 0 amide bonds. The summed E-state index contributed by atoms with van der Waals surface area (Å²) in [6, 6.07) is 3.60. The van der Waals surface area contributed by atoms with Crippen LogP contribution in [0.25, 0.3) is 11.5 Å². The highest BCUT2D eigenvalue weighted by molar-refractivity contribution is 5.52. The standard InChI is InChI=1S/C10H12N2O2/c1-7-11-5-9(12(7)2)10-4-3-8(6-13)14-10/h3-5,13H,6H2,1-2H3. The second-order valence-corrected chi connectivity index (χ2v) is 3.17. The largest absolute Gasteiger partial charge is 0.457 e. The van der Waals surface area contributed by atoms with Crippen LogP contribution in [0.5, 0.6) is 0 Å². The van der Waals surface area contributed by atoms with Gasteiger partial charge in [0.05, 0.1) is 6.20 Å². The first-order chi connectivity index (χ1) is 6.72. The van der Waals surface area contributed by atoms with Gasteiger partial charge in [-0.1, -0.05) is 0 Å². The second-order valence-electron chi connectivity index (χ2n) is 3.17. The molecule has 0 spiro atoms. The van der Waals surface area contributed by atoms with Crippen LogP contribution < -0.4 is 0 Å². The van der Waals surface area contributed by atoms with Crippen LogP contribution >= 0.6 is 0 Å². The Morgan fingerprint density at radius 2 is 2.29 bits per heavy atom.